The summed E-state index contributed by atoms with van der Waals surface area (Å²) in [5.74, 6) is -0.897. The van der Waals surface area contributed by atoms with Crippen LogP contribution in [0.2, 0.25) is 0 Å². The minimum atomic E-state index is -0.994. The van der Waals surface area contributed by atoms with Gasteiger partial charge in [0.15, 0.2) is 11.7 Å². The molecule has 2 atom stereocenters. The van der Waals surface area contributed by atoms with Gasteiger partial charge in [0.05, 0.1) is 0 Å². The maximum absolute atomic E-state index is 14.0. The quantitative estimate of drug-likeness (QED) is 0.338. The molecule has 0 fully saturated rings. The third-order valence-corrected chi connectivity index (χ3v) is 4.50. The number of hydrogen-bond acceptors (Lipinski definition) is 0. The highest BCUT2D eigenvalue weighted by molar-refractivity contribution is 5.50. The molecule has 0 aliphatic carbocycles. The van der Waals surface area contributed by atoms with Gasteiger partial charge in [-0.05, 0) is 35.8 Å². The molecule has 2 heteroatoms. The SMILES string of the molecule is C=C(/C=C\C(=C)C(C)CCC(C)CC)C(=C)/C(F)=C(/F)C(=C)CC. The van der Waals surface area contributed by atoms with Crippen LogP contribution in [0.5, 0.6) is 0 Å². The summed E-state index contributed by atoms with van der Waals surface area (Å²) in [4.78, 5) is 0. The van der Waals surface area contributed by atoms with Gasteiger partial charge < -0.3 is 0 Å². The van der Waals surface area contributed by atoms with Gasteiger partial charge in [-0.3, -0.25) is 0 Å². The predicted octanol–water partition coefficient (Wildman–Crippen LogP) is 7.79. The summed E-state index contributed by atoms with van der Waals surface area (Å²) in [6.45, 7) is 23.2. The van der Waals surface area contributed by atoms with E-state index < -0.39 is 11.7 Å². The largest absolute Gasteiger partial charge is 0.203 e. The Hall–Kier alpha value is -1.70. The van der Waals surface area contributed by atoms with Crippen molar-refractivity contribution in [1.82, 2.24) is 0 Å². The maximum atomic E-state index is 14.0. The molecule has 0 bridgehead atoms. The highest BCUT2D eigenvalue weighted by Crippen LogP contribution is 2.28. The third kappa shape index (κ3) is 7.25. The first-order valence-corrected chi connectivity index (χ1v) is 8.64. The Morgan fingerprint density at radius 3 is 2.00 bits per heavy atom. The fourth-order valence-corrected chi connectivity index (χ4v) is 1.98. The van der Waals surface area contributed by atoms with E-state index in [0.29, 0.717) is 23.8 Å². The highest BCUT2D eigenvalue weighted by atomic mass is 19.2. The molecular weight excluding hydrogens is 302 g/mol. The Balaban J connectivity index is 4.80. The van der Waals surface area contributed by atoms with Crippen LogP contribution in [0.3, 0.4) is 0 Å². The molecule has 0 saturated heterocycles. The first-order chi connectivity index (χ1) is 11.1. The molecule has 0 nitrogen and oxygen atoms in total. The molecule has 0 aromatic heterocycles. The number of hydrogen-bond donors (Lipinski definition) is 0. The van der Waals surface area contributed by atoms with Crippen LogP contribution in [0.1, 0.15) is 53.4 Å². The van der Waals surface area contributed by atoms with Crippen molar-refractivity contribution >= 4 is 0 Å². The van der Waals surface area contributed by atoms with Crippen LogP contribution in [0.25, 0.3) is 0 Å². The van der Waals surface area contributed by atoms with Gasteiger partial charge in [-0.25, -0.2) is 8.78 Å². The van der Waals surface area contributed by atoms with E-state index in [1.165, 1.54) is 6.42 Å². The number of allylic oxidation sites excluding steroid dienone is 8. The van der Waals surface area contributed by atoms with E-state index in [9.17, 15) is 8.78 Å². The second-order valence-corrected chi connectivity index (χ2v) is 6.49. The zero-order valence-corrected chi connectivity index (χ0v) is 15.7. The summed E-state index contributed by atoms with van der Waals surface area (Å²) in [5.41, 5.74) is 1.35. The molecule has 0 aromatic carbocycles. The predicted molar refractivity (Wildman–Crippen MR) is 103 cm³/mol. The van der Waals surface area contributed by atoms with E-state index in [0.717, 1.165) is 18.4 Å². The monoisotopic (exact) mass is 334 g/mol. The fraction of sp³-hybridized carbons (Fsp3) is 0.455. The molecule has 0 aromatic rings. The molecule has 0 amide bonds. The zero-order chi connectivity index (χ0) is 18.9. The molecule has 134 valence electrons. The summed E-state index contributed by atoms with van der Waals surface area (Å²) in [6.07, 6.45) is 7.19. The van der Waals surface area contributed by atoms with Gasteiger partial charge in [0.25, 0.3) is 0 Å². The lowest BCUT2D eigenvalue weighted by Gasteiger charge is -2.15. The molecule has 0 radical (unpaired) electrons. The molecule has 0 spiro atoms. The van der Waals surface area contributed by atoms with Crippen LogP contribution in [0.15, 0.2) is 72.4 Å². The average Bonchev–Trinajstić information content (AvgIpc) is 2.60. The van der Waals surface area contributed by atoms with E-state index in [-0.39, 0.29) is 11.1 Å². The molecule has 0 aliphatic heterocycles. The Morgan fingerprint density at radius 2 is 1.50 bits per heavy atom. The van der Waals surface area contributed by atoms with E-state index in [4.69, 9.17) is 0 Å². The summed E-state index contributed by atoms with van der Waals surface area (Å²) in [6, 6.07) is 0. The highest BCUT2D eigenvalue weighted by Gasteiger charge is 2.13. The minimum Gasteiger partial charge on any atom is -0.203 e. The van der Waals surface area contributed by atoms with E-state index in [1.54, 1.807) is 13.0 Å². The molecule has 0 heterocycles. The molecule has 2 unspecified atom stereocenters. The lowest BCUT2D eigenvalue weighted by atomic mass is 9.91. The Morgan fingerprint density at radius 1 is 0.917 bits per heavy atom. The molecule has 0 saturated carbocycles. The second-order valence-electron chi connectivity index (χ2n) is 6.49. The standard InChI is InChI=1S/C22H32F2/c1-9-15(3)11-12-17(5)18(6)13-14-19(7)20(8)22(24)21(23)16(4)10-2/h13-15,17H,4,6-12H2,1-3,5H3/b14-13-,22-21-. The van der Waals surface area contributed by atoms with Crippen LogP contribution >= 0.6 is 0 Å². The molecule has 0 N–H and O–H groups in total. The van der Waals surface area contributed by atoms with Crippen LogP contribution in [-0.4, -0.2) is 0 Å². The number of halogens is 2. The van der Waals surface area contributed by atoms with Gasteiger partial charge >= 0.3 is 0 Å². The third-order valence-electron chi connectivity index (χ3n) is 4.50. The van der Waals surface area contributed by atoms with Crippen LogP contribution in [0.4, 0.5) is 8.78 Å². The first-order valence-electron chi connectivity index (χ1n) is 8.64. The van der Waals surface area contributed by atoms with Gasteiger partial charge in [0.2, 0.25) is 0 Å². The van der Waals surface area contributed by atoms with Gasteiger partial charge in [-0.2, -0.15) is 0 Å². The average molecular weight is 334 g/mol. The lowest BCUT2D eigenvalue weighted by Crippen LogP contribution is -2.01. The topological polar surface area (TPSA) is 0 Å². The Labute approximate surface area is 147 Å². The van der Waals surface area contributed by atoms with Gasteiger partial charge in [0.1, 0.15) is 0 Å². The van der Waals surface area contributed by atoms with E-state index in [2.05, 4.69) is 47.1 Å². The normalized spacial score (nSPS) is 14.9. The number of rotatable bonds is 11. The summed E-state index contributed by atoms with van der Waals surface area (Å²) < 4.78 is 27.8. The van der Waals surface area contributed by atoms with Gasteiger partial charge in [-0.15, -0.1) is 0 Å². The van der Waals surface area contributed by atoms with Crippen molar-refractivity contribution in [2.75, 3.05) is 0 Å². The smallest absolute Gasteiger partial charge is 0.166 e. The van der Waals surface area contributed by atoms with Crippen molar-refractivity contribution in [1.29, 1.82) is 0 Å². The van der Waals surface area contributed by atoms with Crippen LogP contribution in [-0.2, 0) is 0 Å². The zero-order valence-electron chi connectivity index (χ0n) is 15.7. The Kier molecular flexibility index (Phi) is 10.2. The van der Waals surface area contributed by atoms with Crippen molar-refractivity contribution in [2.45, 2.75) is 53.4 Å². The van der Waals surface area contributed by atoms with Crippen molar-refractivity contribution in [3.63, 3.8) is 0 Å². The summed E-state index contributed by atoms with van der Waals surface area (Å²) in [7, 11) is 0. The van der Waals surface area contributed by atoms with Crippen molar-refractivity contribution in [2.24, 2.45) is 11.8 Å². The van der Waals surface area contributed by atoms with Crippen LogP contribution in [0, 0.1) is 11.8 Å². The molecule has 24 heavy (non-hydrogen) atoms. The van der Waals surface area contributed by atoms with E-state index >= 15 is 0 Å². The summed E-state index contributed by atoms with van der Waals surface area (Å²) in [5, 5.41) is 0. The van der Waals surface area contributed by atoms with Crippen molar-refractivity contribution in [3.8, 4) is 0 Å². The van der Waals surface area contributed by atoms with Crippen molar-refractivity contribution in [3.05, 3.63) is 72.4 Å². The maximum Gasteiger partial charge on any atom is 0.166 e. The molecule has 0 rings (SSSR count). The molecule has 0 aliphatic rings. The fourth-order valence-electron chi connectivity index (χ4n) is 1.98. The summed E-state index contributed by atoms with van der Waals surface area (Å²) >= 11 is 0. The Bertz CT molecular complexity index is 546. The minimum absolute atomic E-state index is 0.0570. The molecular formula is C22H32F2. The van der Waals surface area contributed by atoms with Crippen LogP contribution < -0.4 is 0 Å². The van der Waals surface area contributed by atoms with Gasteiger partial charge in [0, 0.05) is 5.57 Å². The van der Waals surface area contributed by atoms with Gasteiger partial charge in [-0.1, -0.05) is 84.6 Å². The second kappa shape index (κ2) is 11.0. The van der Waals surface area contributed by atoms with Crippen molar-refractivity contribution < 1.29 is 8.78 Å². The lowest BCUT2D eigenvalue weighted by molar-refractivity contribution is 0.454. The first kappa shape index (κ1) is 22.3. The van der Waals surface area contributed by atoms with E-state index in [1.807, 2.05) is 6.08 Å².